The highest BCUT2D eigenvalue weighted by atomic mass is 35.5. The molecule has 0 spiro atoms. The summed E-state index contributed by atoms with van der Waals surface area (Å²) < 4.78 is 1.76. The summed E-state index contributed by atoms with van der Waals surface area (Å²) in [7, 11) is 0. The van der Waals surface area contributed by atoms with E-state index in [1.165, 1.54) is 0 Å². The van der Waals surface area contributed by atoms with Crippen LogP contribution < -0.4 is 0 Å². The van der Waals surface area contributed by atoms with E-state index >= 15 is 0 Å². The molecule has 0 bridgehead atoms. The molecule has 2 aliphatic rings. The fourth-order valence-electron chi connectivity index (χ4n) is 3.96. The largest absolute Gasteiger partial charge is 0.331 e. The predicted octanol–water partition coefficient (Wildman–Crippen LogP) is 3.25. The van der Waals surface area contributed by atoms with Crippen LogP contribution >= 0.6 is 23.2 Å². The van der Waals surface area contributed by atoms with E-state index in [-0.39, 0.29) is 23.9 Å². The molecule has 0 fully saturated rings. The summed E-state index contributed by atoms with van der Waals surface area (Å²) in [5, 5.41) is 5.38. The minimum atomic E-state index is -0.293. The quantitative estimate of drug-likeness (QED) is 0.686. The molecular weight excluding hydrogens is 411 g/mol. The average Bonchev–Trinajstić information content (AvgIpc) is 3.06. The summed E-state index contributed by atoms with van der Waals surface area (Å²) >= 11 is 12.1. The van der Waals surface area contributed by atoms with Gasteiger partial charge in [-0.2, -0.15) is 5.10 Å². The Morgan fingerprint density at radius 1 is 1.31 bits per heavy atom. The average molecular weight is 431 g/mol. The van der Waals surface area contributed by atoms with Crippen LogP contribution in [-0.4, -0.2) is 50.0 Å². The van der Waals surface area contributed by atoms with E-state index in [0.717, 1.165) is 11.3 Å². The van der Waals surface area contributed by atoms with Crippen LogP contribution in [0.15, 0.2) is 18.2 Å². The number of hydrogen-bond acceptors (Lipinski definition) is 3. The lowest BCUT2D eigenvalue weighted by Gasteiger charge is -2.34. The molecule has 0 saturated heterocycles. The van der Waals surface area contributed by atoms with Gasteiger partial charge in [-0.1, -0.05) is 29.1 Å². The van der Waals surface area contributed by atoms with Gasteiger partial charge in [0.05, 0.1) is 34.9 Å². The molecule has 0 saturated carbocycles. The summed E-state index contributed by atoms with van der Waals surface area (Å²) in [6, 6.07) is 4.49. The van der Waals surface area contributed by atoms with E-state index < -0.39 is 0 Å². The van der Waals surface area contributed by atoms with Crippen LogP contribution in [0, 0.1) is 12.3 Å². The minimum Gasteiger partial charge on any atom is -0.331 e. The van der Waals surface area contributed by atoms with Crippen molar-refractivity contribution in [1.82, 2.24) is 19.6 Å². The number of terminal acetylenes is 1. The topological polar surface area (TPSA) is 58.4 Å². The first-order valence-corrected chi connectivity index (χ1v) is 10.2. The number of rotatable bonds is 2. The van der Waals surface area contributed by atoms with Crippen LogP contribution in [-0.2, 0) is 19.5 Å². The second-order valence-electron chi connectivity index (χ2n) is 7.45. The van der Waals surface area contributed by atoms with Gasteiger partial charge >= 0.3 is 0 Å². The van der Waals surface area contributed by atoms with Gasteiger partial charge in [-0.25, -0.2) is 0 Å². The number of benzene rings is 1. The van der Waals surface area contributed by atoms with E-state index in [1.54, 1.807) is 32.7 Å². The fourth-order valence-corrected chi connectivity index (χ4v) is 4.26. The molecule has 3 heterocycles. The van der Waals surface area contributed by atoms with Crippen molar-refractivity contribution in [3.63, 3.8) is 0 Å². The molecular formula is C21H20Cl2N4O2. The van der Waals surface area contributed by atoms with Gasteiger partial charge in [-0.05, 0) is 32.0 Å². The van der Waals surface area contributed by atoms with E-state index in [1.807, 2.05) is 13.8 Å². The second-order valence-corrected chi connectivity index (χ2v) is 8.27. The Morgan fingerprint density at radius 3 is 2.76 bits per heavy atom. The lowest BCUT2D eigenvalue weighted by atomic mass is 9.97. The van der Waals surface area contributed by atoms with Crippen molar-refractivity contribution >= 4 is 35.0 Å². The van der Waals surface area contributed by atoms with Crippen molar-refractivity contribution in [3.8, 4) is 12.3 Å². The number of carbonyl (C=O) groups is 2. The van der Waals surface area contributed by atoms with Crippen LogP contribution in [0.1, 0.15) is 46.0 Å². The Bertz CT molecular complexity index is 1060. The highest BCUT2D eigenvalue weighted by molar-refractivity contribution is 6.42. The third-order valence-electron chi connectivity index (χ3n) is 5.64. The first kappa shape index (κ1) is 19.8. The number of hydrogen-bond donors (Lipinski definition) is 0. The molecule has 2 aromatic rings. The van der Waals surface area contributed by atoms with Crippen LogP contribution in [0.2, 0.25) is 10.0 Å². The van der Waals surface area contributed by atoms with Gasteiger partial charge in [-0.15, -0.1) is 6.42 Å². The number of nitrogens with zero attached hydrogens (tertiary/aromatic N) is 4. The van der Waals surface area contributed by atoms with E-state index in [2.05, 4.69) is 11.0 Å². The number of aromatic nitrogens is 2. The lowest BCUT2D eigenvalue weighted by molar-refractivity contribution is 0.0631. The second kappa shape index (κ2) is 7.40. The Morgan fingerprint density at radius 2 is 2.07 bits per heavy atom. The van der Waals surface area contributed by atoms with Crippen LogP contribution in [0.5, 0.6) is 0 Å². The molecule has 8 heteroatoms. The van der Waals surface area contributed by atoms with Gasteiger partial charge in [0, 0.05) is 30.1 Å². The number of amides is 2. The fraction of sp³-hybridized carbons (Fsp3) is 0.381. The zero-order chi connectivity index (χ0) is 20.9. The molecule has 4 rings (SSSR count). The molecule has 0 N–H and O–H groups in total. The highest BCUT2D eigenvalue weighted by Crippen LogP contribution is 2.31. The minimum absolute atomic E-state index is 0.0581. The first-order chi connectivity index (χ1) is 13.8. The normalized spacial score (nSPS) is 19.4. The Balaban J connectivity index is 1.68. The Labute approximate surface area is 179 Å². The molecule has 0 radical (unpaired) electrons. The molecule has 6 nitrogen and oxygen atoms in total. The van der Waals surface area contributed by atoms with Crippen molar-refractivity contribution in [1.29, 1.82) is 0 Å². The number of halogens is 2. The van der Waals surface area contributed by atoms with Gasteiger partial charge in [0.1, 0.15) is 5.69 Å². The maximum absolute atomic E-state index is 13.1. The maximum atomic E-state index is 13.1. The standard InChI is InChI=1S/C21H20Cl2N4O2/c1-4-12(2)25-7-8-27-19(21(25)29)15-11-26(13(3)9-18(15)24-27)20(28)14-5-6-16(22)17(23)10-14/h1,5-6,10,12-13H,7-9,11H2,2-3H3/t12?,13-/m1/s1. The Hall–Kier alpha value is -2.49. The van der Waals surface area contributed by atoms with Gasteiger partial charge in [-0.3, -0.25) is 14.3 Å². The molecule has 150 valence electrons. The smallest absolute Gasteiger partial charge is 0.273 e. The van der Waals surface area contributed by atoms with E-state index in [0.29, 0.717) is 47.4 Å². The third kappa shape index (κ3) is 3.29. The zero-order valence-corrected chi connectivity index (χ0v) is 17.7. The first-order valence-electron chi connectivity index (χ1n) is 9.43. The van der Waals surface area contributed by atoms with Crippen molar-refractivity contribution in [3.05, 3.63) is 50.8 Å². The van der Waals surface area contributed by atoms with Gasteiger partial charge in [0.2, 0.25) is 0 Å². The van der Waals surface area contributed by atoms with Crippen molar-refractivity contribution < 1.29 is 9.59 Å². The molecule has 1 aromatic heterocycles. The molecule has 2 amide bonds. The summed E-state index contributed by atoms with van der Waals surface area (Å²) in [6.07, 6.45) is 6.11. The highest BCUT2D eigenvalue weighted by Gasteiger charge is 2.38. The van der Waals surface area contributed by atoms with Crippen molar-refractivity contribution in [2.75, 3.05) is 6.54 Å². The van der Waals surface area contributed by atoms with Gasteiger partial charge in [0.15, 0.2) is 0 Å². The lowest BCUT2D eigenvalue weighted by Crippen LogP contribution is -2.46. The van der Waals surface area contributed by atoms with Crippen LogP contribution in [0.25, 0.3) is 0 Å². The Kier molecular flexibility index (Phi) is 5.05. The van der Waals surface area contributed by atoms with Gasteiger partial charge in [0.25, 0.3) is 11.8 Å². The molecule has 2 atom stereocenters. The van der Waals surface area contributed by atoms with Crippen LogP contribution in [0.3, 0.4) is 0 Å². The van der Waals surface area contributed by atoms with Crippen molar-refractivity contribution in [2.45, 2.75) is 45.4 Å². The monoisotopic (exact) mass is 430 g/mol. The summed E-state index contributed by atoms with van der Waals surface area (Å²) in [4.78, 5) is 29.7. The maximum Gasteiger partial charge on any atom is 0.273 e. The summed E-state index contributed by atoms with van der Waals surface area (Å²) in [6.45, 7) is 5.24. The molecule has 0 aliphatic carbocycles. The molecule has 1 unspecified atom stereocenters. The predicted molar refractivity (Wildman–Crippen MR) is 111 cm³/mol. The van der Waals surface area contributed by atoms with Gasteiger partial charge < -0.3 is 9.80 Å². The SMILES string of the molecule is C#CC(C)N1CCn2nc3c(c2C1=O)CN(C(=O)c1ccc(Cl)c(Cl)c1)[C@H](C)C3. The van der Waals surface area contributed by atoms with Crippen molar-refractivity contribution in [2.24, 2.45) is 0 Å². The molecule has 29 heavy (non-hydrogen) atoms. The molecule has 2 aliphatic heterocycles. The van der Waals surface area contributed by atoms with E-state index in [9.17, 15) is 9.59 Å². The summed E-state index contributed by atoms with van der Waals surface area (Å²) in [5.74, 6) is 2.33. The third-order valence-corrected chi connectivity index (χ3v) is 6.37. The van der Waals surface area contributed by atoms with E-state index in [4.69, 9.17) is 29.6 Å². The number of carbonyl (C=O) groups excluding carboxylic acids is 2. The zero-order valence-electron chi connectivity index (χ0n) is 16.2. The number of fused-ring (bicyclic) bond motifs is 3. The summed E-state index contributed by atoms with van der Waals surface area (Å²) in [5.41, 5.74) is 2.67. The molecule has 1 aromatic carbocycles. The van der Waals surface area contributed by atoms with Crippen LogP contribution in [0.4, 0.5) is 0 Å².